The van der Waals surface area contributed by atoms with Crippen molar-refractivity contribution < 1.29 is 17.9 Å². The highest BCUT2D eigenvalue weighted by Gasteiger charge is 2.44. The van der Waals surface area contributed by atoms with Gasteiger partial charge in [-0.3, -0.25) is 0 Å². The molecule has 1 saturated heterocycles. The van der Waals surface area contributed by atoms with E-state index in [0.29, 0.717) is 9.90 Å². The van der Waals surface area contributed by atoms with Crippen LogP contribution in [-0.2, 0) is 20.3 Å². The molecule has 0 saturated carbocycles. The molecule has 2 rings (SSSR count). The maximum atomic E-state index is 12.5. The van der Waals surface area contributed by atoms with Crippen molar-refractivity contribution in [1.29, 1.82) is 0 Å². The monoisotopic (exact) mass is 393 g/mol. The molecule has 1 fully saturated rings. The second-order valence-corrected chi connectivity index (χ2v) is 10.0. The third-order valence-electron chi connectivity index (χ3n) is 3.28. The number of thiophene rings is 1. The fourth-order valence-electron chi connectivity index (χ4n) is 2.23. The van der Waals surface area contributed by atoms with Crippen LogP contribution in [0.15, 0.2) is 16.4 Å². The molecule has 1 aliphatic rings. The van der Waals surface area contributed by atoms with Gasteiger partial charge >= 0.3 is 6.09 Å². The molecular formula is C14H20ClN3O4S2. The number of carbonyl (C=O) groups excluding carboxylic acids is 1. The minimum atomic E-state index is -3.67. The summed E-state index contributed by atoms with van der Waals surface area (Å²) in [5, 5.41) is 5.26. The molecule has 0 radical (unpaired) electrons. The van der Waals surface area contributed by atoms with Gasteiger partial charge in [0.2, 0.25) is 16.0 Å². The van der Waals surface area contributed by atoms with E-state index in [1.807, 2.05) is 0 Å². The van der Waals surface area contributed by atoms with Crippen molar-refractivity contribution in [3.8, 4) is 0 Å². The summed E-state index contributed by atoms with van der Waals surface area (Å²) < 4.78 is 31.1. The average molecular weight is 394 g/mol. The molecule has 7 nitrogen and oxygen atoms in total. The number of guanidine groups is 1. The number of carbonyl (C=O) groups is 1. The van der Waals surface area contributed by atoms with Crippen LogP contribution in [0.4, 0.5) is 4.79 Å². The summed E-state index contributed by atoms with van der Waals surface area (Å²) in [7, 11) is -2.34. The molecule has 0 spiro atoms. The smallest absolute Gasteiger partial charge is 0.437 e. The van der Waals surface area contributed by atoms with Crippen LogP contribution in [0.5, 0.6) is 0 Å². The maximum Gasteiger partial charge on any atom is 0.437 e. The standard InChI is InChI=1S/C14H20ClN3O4S2/c1-13(2,3)22-12(19)16-11-17-14(4,8-24(20,21)18(11)5)10-9(15)6-7-23-10/h6-7H,8H2,1-5H3,(H,16,17,19)/t14-/m0/s1. The molecular weight excluding hydrogens is 374 g/mol. The zero-order chi connectivity index (χ0) is 18.3. The highest BCUT2D eigenvalue weighted by atomic mass is 35.5. The number of hydrogen-bond acceptors (Lipinski definition) is 5. The normalized spacial score (nSPS) is 25.4. The van der Waals surface area contributed by atoms with Gasteiger partial charge in [0.1, 0.15) is 5.60 Å². The van der Waals surface area contributed by atoms with Gasteiger partial charge in [-0.15, -0.1) is 16.3 Å². The largest absolute Gasteiger partial charge is 0.442 e. The van der Waals surface area contributed by atoms with Gasteiger partial charge in [-0.25, -0.2) is 17.5 Å². The second-order valence-electron chi connectivity index (χ2n) is 6.69. The van der Waals surface area contributed by atoms with Crippen molar-refractivity contribution in [2.75, 3.05) is 12.8 Å². The van der Waals surface area contributed by atoms with Gasteiger partial charge in [0, 0.05) is 11.9 Å². The van der Waals surface area contributed by atoms with E-state index in [-0.39, 0.29) is 11.7 Å². The summed E-state index contributed by atoms with van der Waals surface area (Å²) in [4.78, 5) is 16.4. The SMILES string of the molecule is CN1/C(=N\C(=O)OC(C)(C)C)N[C@](C)(c2sccc2Cl)CS1(=O)=O. The lowest BCUT2D eigenvalue weighted by Gasteiger charge is -2.39. The molecule has 1 N–H and O–H groups in total. The van der Waals surface area contributed by atoms with Crippen molar-refractivity contribution in [2.45, 2.75) is 38.8 Å². The highest BCUT2D eigenvalue weighted by molar-refractivity contribution is 7.89. The zero-order valence-corrected chi connectivity index (χ0v) is 16.5. The van der Waals surface area contributed by atoms with Crippen LogP contribution in [0.3, 0.4) is 0 Å². The van der Waals surface area contributed by atoms with E-state index in [4.69, 9.17) is 16.3 Å². The summed E-state index contributed by atoms with van der Waals surface area (Å²) in [6.07, 6.45) is -0.867. The van der Waals surface area contributed by atoms with Gasteiger partial charge in [-0.05, 0) is 39.1 Å². The number of nitrogens with zero attached hydrogens (tertiary/aromatic N) is 2. The van der Waals surface area contributed by atoms with E-state index in [2.05, 4.69) is 10.3 Å². The Hall–Kier alpha value is -1.32. The van der Waals surface area contributed by atoms with Gasteiger partial charge < -0.3 is 10.1 Å². The number of nitrogens with one attached hydrogen (secondary N) is 1. The quantitative estimate of drug-likeness (QED) is 0.792. The number of halogens is 1. The number of rotatable bonds is 1. The molecule has 0 unspecified atom stereocenters. The first-order valence-corrected chi connectivity index (χ1v) is 10.0. The van der Waals surface area contributed by atoms with Crippen LogP contribution < -0.4 is 5.32 Å². The summed E-state index contributed by atoms with van der Waals surface area (Å²) in [5.74, 6) is -0.299. The predicted octanol–water partition coefficient (Wildman–Crippen LogP) is 2.77. The zero-order valence-electron chi connectivity index (χ0n) is 14.1. The van der Waals surface area contributed by atoms with E-state index in [0.717, 1.165) is 4.31 Å². The summed E-state index contributed by atoms with van der Waals surface area (Å²) in [6.45, 7) is 6.82. The van der Waals surface area contributed by atoms with Crippen LogP contribution >= 0.6 is 22.9 Å². The van der Waals surface area contributed by atoms with Gasteiger partial charge in [0.25, 0.3) is 0 Å². The Labute approximate surface area is 150 Å². The Morgan fingerprint density at radius 2 is 2.12 bits per heavy atom. The second kappa shape index (κ2) is 6.20. The lowest BCUT2D eigenvalue weighted by atomic mass is 10.0. The third-order valence-corrected chi connectivity index (χ3v) is 6.84. The Morgan fingerprint density at radius 3 is 2.62 bits per heavy atom. The van der Waals surface area contributed by atoms with Gasteiger partial charge in [-0.2, -0.15) is 0 Å². The van der Waals surface area contributed by atoms with Crippen molar-refractivity contribution in [3.63, 3.8) is 0 Å². The number of ether oxygens (including phenoxy) is 1. The summed E-state index contributed by atoms with van der Waals surface area (Å²) in [5.41, 5.74) is -1.72. The first-order valence-electron chi connectivity index (χ1n) is 7.14. The first kappa shape index (κ1) is 19.0. The Bertz CT molecular complexity index is 782. The molecule has 0 aromatic carbocycles. The number of sulfonamides is 1. The lowest BCUT2D eigenvalue weighted by molar-refractivity contribution is 0.0602. The van der Waals surface area contributed by atoms with Gasteiger partial charge in [0.15, 0.2) is 0 Å². The number of aliphatic imine (C=N–C) groups is 1. The Kier molecular flexibility index (Phi) is 4.91. The van der Waals surface area contributed by atoms with E-state index < -0.39 is 27.3 Å². The van der Waals surface area contributed by atoms with E-state index in [1.54, 1.807) is 39.1 Å². The maximum absolute atomic E-state index is 12.5. The predicted molar refractivity (Wildman–Crippen MR) is 95.0 cm³/mol. The number of hydrogen-bond donors (Lipinski definition) is 1. The summed E-state index contributed by atoms with van der Waals surface area (Å²) in [6, 6.07) is 1.70. The average Bonchev–Trinajstić information content (AvgIpc) is 2.79. The molecule has 1 amide bonds. The van der Waals surface area contributed by atoms with Crippen molar-refractivity contribution in [2.24, 2.45) is 4.99 Å². The third kappa shape index (κ3) is 4.01. The van der Waals surface area contributed by atoms with Crippen molar-refractivity contribution in [3.05, 3.63) is 21.3 Å². The van der Waals surface area contributed by atoms with Crippen LogP contribution in [0.2, 0.25) is 5.02 Å². The van der Waals surface area contributed by atoms with Gasteiger partial charge in [-0.1, -0.05) is 11.6 Å². The van der Waals surface area contributed by atoms with E-state index in [1.165, 1.54) is 18.4 Å². The van der Waals surface area contributed by atoms with Crippen LogP contribution in [-0.4, -0.2) is 43.2 Å². The molecule has 1 aromatic heterocycles. The molecule has 10 heteroatoms. The topological polar surface area (TPSA) is 88.1 Å². The molecule has 1 aromatic rings. The van der Waals surface area contributed by atoms with E-state index in [9.17, 15) is 13.2 Å². The van der Waals surface area contributed by atoms with Crippen molar-refractivity contribution >= 4 is 45.0 Å². The Morgan fingerprint density at radius 1 is 1.50 bits per heavy atom. The molecule has 24 heavy (non-hydrogen) atoms. The van der Waals surface area contributed by atoms with Crippen LogP contribution in [0, 0.1) is 0 Å². The van der Waals surface area contributed by atoms with E-state index >= 15 is 0 Å². The molecule has 0 bridgehead atoms. The fraction of sp³-hybridized carbons (Fsp3) is 0.571. The molecule has 0 aliphatic carbocycles. The first-order chi connectivity index (χ1) is 10.8. The molecule has 134 valence electrons. The van der Waals surface area contributed by atoms with Gasteiger partial charge in [0.05, 0.1) is 16.3 Å². The number of amides is 1. The molecule has 2 heterocycles. The van der Waals surface area contributed by atoms with Crippen molar-refractivity contribution in [1.82, 2.24) is 9.62 Å². The summed E-state index contributed by atoms with van der Waals surface area (Å²) >= 11 is 7.50. The Balaban J connectivity index is 2.41. The minimum absolute atomic E-state index is 0.0949. The lowest BCUT2D eigenvalue weighted by Crippen LogP contribution is -2.61. The molecule has 1 aliphatic heterocycles. The highest BCUT2D eigenvalue weighted by Crippen LogP contribution is 2.36. The van der Waals surface area contributed by atoms with Crippen LogP contribution in [0.1, 0.15) is 32.6 Å². The van der Waals surface area contributed by atoms with Crippen LogP contribution in [0.25, 0.3) is 0 Å². The minimum Gasteiger partial charge on any atom is -0.442 e. The fourth-order valence-corrected chi connectivity index (χ4v) is 5.20. The molecule has 1 atom stereocenters.